The summed E-state index contributed by atoms with van der Waals surface area (Å²) < 4.78 is 16.1. The van der Waals surface area contributed by atoms with Gasteiger partial charge in [-0.05, 0) is 18.1 Å². The third-order valence-corrected chi connectivity index (χ3v) is 6.38. The monoisotopic (exact) mass is 435 g/mol. The number of carbonyl (C=O) groups is 2. The van der Waals surface area contributed by atoms with Crippen molar-refractivity contribution in [3.63, 3.8) is 0 Å². The maximum atomic E-state index is 13.4. The minimum Gasteiger partial charge on any atom is -0.493 e. The highest BCUT2D eigenvalue weighted by Gasteiger charge is 2.44. The molecule has 1 fully saturated rings. The zero-order valence-corrected chi connectivity index (χ0v) is 18.3. The first-order valence-electron chi connectivity index (χ1n) is 10.5. The highest BCUT2D eigenvalue weighted by Crippen LogP contribution is 2.42. The van der Waals surface area contributed by atoms with Crippen molar-refractivity contribution in [1.29, 1.82) is 0 Å². The van der Waals surface area contributed by atoms with E-state index in [1.807, 2.05) is 12.1 Å². The normalized spacial score (nSPS) is 18.8. The number of amides is 2. The average Bonchev–Trinajstić information content (AvgIpc) is 3.33. The van der Waals surface area contributed by atoms with Crippen molar-refractivity contribution >= 4 is 28.4 Å². The van der Waals surface area contributed by atoms with E-state index in [-0.39, 0.29) is 18.2 Å². The fourth-order valence-corrected chi connectivity index (χ4v) is 4.85. The molecule has 0 saturated carbocycles. The van der Waals surface area contributed by atoms with E-state index in [0.29, 0.717) is 29.5 Å². The molecule has 1 saturated heterocycles. The number of H-pyrrole nitrogens is 1. The van der Waals surface area contributed by atoms with Gasteiger partial charge in [-0.2, -0.15) is 0 Å². The molecule has 166 valence electrons. The van der Waals surface area contributed by atoms with Gasteiger partial charge in [-0.1, -0.05) is 18.2 Å². The van der Waals surface area contributed by atoms with Crippen LogP contribution in [0, 0.1) is 0 Å². The molecular formula is C24H25N3O5. The number of aromatic amines is 1. The molecule has 1 aromatic heterocycles. The van der Waals surface area contributed by atoms with Gasteiger partial charge in [-0.3, -0.25) is 14.5 Å². The lowest BCUT2D eigenvalue weighted by Crippen LogP contribution is -2.44. The number of ether oxygens (including phenoxy) is 3. The number of anilines is 1. The highest BCUT2D eigenvalue weighted by atomic mass is 16.5. The Labute approximate surface area is 185 Å². The number of methoxy groups -OCH3 is 3. The Morgan fingerprint density at radius 1 is 1.00 bits per heavy atom. The van der Waals surface area contributed by atoms with Crippen LogP contribution in [0.1, 0.15) is 17.7 Å². The molecule has 0 unspecified atom stereocenters. The van der Waals surface area contributed by atoms with Crippen LogP contribution in [0.2, 0.25) is 0 Å². The second-order valence-corrected chi connectivity index (χ2v) is 8.02. The number of aromatic nitrogens is 1. The van der Waals surface area contributed by atoms with Gasteiger partial charge in [0.05, 0.1) is 39.5 Å². The van der Waals surface area contributed by atoms with Crippen molar-refractivity contribution in [1.82, 2.24) is 9.88 Å². The summed E-state index contributed by atoms with van der Waals surface area (Å²) in [5.74, 6) is 0.732. The molecule has 5 rings (SSSR count). The minimum atomic E-state index is -0.499. The Kier molecular flexibility index (Phi) is 5.01. The Bertz CT molecular complexity index is 1190. The summed E-state index contributed by atoms with van der Waals surface area (Å²) >= 11 is 0. The predicted octanol–water partition coefficient (Wildman–Crippen LogP) is 2.88. The van der Waals surface area contributed by atoms with Gasteiger partial charge in [0.25, 0.3) is 5.91 Å². The molecule has 2 aliphatic heterocycles. The summed E-state index contributed by atoms with van der Waals surface area (Å²) in [7, 11) is 4.52. The smallest absolute Gasteiger partial charge is 0.251 e. The van der Waals surface area contributed by atoms with E-state index in [1.165, 1.54) is 37.2 Å². The van der Waals surface area contributed by atoms with E-state index < -0.39 is 6.04 Å². The van der Waals surface area contributed by atoms with Gasteiger partial charge in [0.2, 0.25) is 11.7 Å². The van der Waals surface area contributed by atoms with E-state index in [4.69, 9.17) is 14.2 Å². The van der Waals surface area contributed by atoms with Gasteiger partial charge >= 0.3 is 0 Å². The number of imide groups is 1. The lowest BCUT2D eigenvalue weighted by Gasteiger charge is -2.30. The standard InChI is InChI=1S/C24H25N3O5/c1-30-20-10-14(11-21(31-2)23(20)32-3)27-22(28)12-19(24(27)29)26-9-8-16-15-6-4-5-7-17(15)25-18(16)13-26/h4-7,10-11,19,25H,8-9,12-13H2,1-3H3/t19-/m0/s1. The summed E-state index contributed by atoms with van der Waals surface area (Å²) in [6.07, 6.45) is 0.979. The van der Waals surface area contributed by atoms with Crippen molar-refractivity contribution in [2.24, 2.45) is 0 Å². The van der Waals surface area contributed by atoms with E-state index in [1.54, 1.807) is 12.1 Å². The molecule has 0 radical (unpaired) electrons. The van der Waals surface area contributed by atoms with E-state index in [9.17, 15) is 9.59 Å². The maximum Gasteiger partial charge on any atom is 0.251 e. The van der Waals surface area contributed by atoms with Crippen molar-refractivity contribution < 1.29 is 23.8 Å². The third kappa shape index (κ3) is 3.10. The van der Waals surface area contributed by atoms with Crippen LogP contribution in [0.4, 0.5) is 5.69 Å². The Morgan fingerprint density at radius 2 is 1.72 bits per heavy atom. The van der Waals surface area contributed by atoms with Gasteiger partial charge in [0.15, 0.2) is 11.5 Å². The Balaban J connectivity index is 1.43. The zero-order valence-electron chi connectivity index (χ0n) is 18.3. The summed E-state index contributed by atoms with van der Waals surface area (Å²) in [5.41, 5.74) is 3.94. The molecule has 1 atom stereocenters. The fourth-order valence-electron chi connectivity index (χ4n) is 4.85. The first-order chi connectivity index (χ1) is 15.5. The lowest BCUT2D eigenvalue weighted by molar-refractivity contribution is -0.123. The number of para-hydroxylation sites is 1. The van der Waals surface area contributed by atoms with Crippen LogP contribution in [-0.2, 0) is 22.6 Å². The second-order valence-electron chi connectivity index (χ2n) is 8.02. The predicted molar refractivity (Wildman–Crippen MR) is 119 cm³/mol. The molecule has 0 aliphatic carbocycles. The number of nitrogens with one attached hydrogen (secondary N) is 1. The summed E-state index contributed by atoms with van der Waals surface area (Å²) in [5, 5.41) is 1.23. The van der Waals surface area contributed by atoms with Crippen LogP contribution in [0.3, 0.4) is 0 Å². The van der Waals surface area contributed by atoms with Crippen LogP contribution < -0.4 is 19.1 Å². The zero-order chi connectivity index (χ0) is 22.4. The molecule has 3 heterocycles. The number of rotatable bonds is 5. The largest absolute Gasteiger partial charge is 0.493 e. The van der Waals surface area contributed by atoms with E-state index in [0.717, 1.165) is 24.2 Å². The van der Waals surface area contributed by atoms with Crippen LogP contribution >= 0.6 is 0 Å². The molecule has 0 spiro atoms. The number of fused-ring (bicyclic) bond motifs is 3. The van der Waals surface area contributed by atoms with Crippen LogP contribution in [-0.4, -0.2) is 55.6 Å². The molecule has 8 nitrogen and oxygen atoms in total. The van der Waals surface area contributed by atoms with Gasteiger partial charge in [-0.25, -0.2) is 4.90 Å². The molecule has 1 N–H and O–H groups in total. The van der Waals surface area contributed by atoms with Crippen molar-refractivity contribution in [3.05, 3.63) is 47.7 Å². The lowest BCUT2D eigenvalue weighted by atomic mass is 10.0. The van der Waals surface area contributed by atoms with Crippen molar-refractivity contribution in [2.45, 2.75) is 25.4 Å². The molecule has 3 aromatic rings. The molecule has 8 heteroatoms. The van der Waals surface area contributed by atoms with Crippen LogP contribution in [0.25, 0.3) is 10.9 Å². The molecule has 0 bridgehead atoms. The first-order valence-corrected chi connectivity index (χ1v) is 10.5. The average molecular weight is 435 g/mol. The van der Waals surface area contributed by atoms with E-state index in [2.05, 4.69) is 22.0 Å². The topological polar surface area (TPSA) is 84.1 Å². The van der Waals surface area contributed by atoms with Crippen molar-refractivity contribution in [2.75, 3.05) is 32.8 Å². The third-order valence-electron chi connectivity index (χ3n) is 6.38. The number of benzene rings is 2. The van der Waals surface area contributed by atoms with Gasteiger partial charge in [-0.15, -0.1) is 0 Å². The number of nitrogens with zero attached hydrogens (tertiary/aromatic N) is 2. The Morgan fingerprint density at radius 3 is 2.41 bits per heavy atom. The highest BCUT2D eigenvalue weighted by molar-refractivity contribution is 6.22. The van der Waals surface area contributed by atoms with Gasteiger partial charge in [0, 0.05) is 41.8 Å². The number of hydrogen-bond donors (Lipinski definition) is 1. The van der Waals surface area contributed by atoms with Gasteiger partial charge in [0.1, 0.15) is 0 Å². The number of carbonyl (C=O) groups excluding carboxylic acids is 2. The quantitative estimate of drug-likeness (QED) is 0.621. The molecule has 2 aromatic carbocycles. The van der Waals surface area contributed by atoms with Gasteiger partial charge < -0.3 is 19.2 Å². The van der Waals surface area contributed by atoms with Crippen molar-refractivity contribution in [3.8, 4) is 17.2 Å². The maximum absolute atomic E-state index is 13.4. The summed E-state index contributed by atoms with van der Waals surface area (Å²) in [4.78, 5) is 33.1. The molecular weight excluding hydrogens is 410 g/mol. The Hall–Kier alpha value is -3.52. The SMILES string of the molecule is COc1cc(N2C(=O)C[C@H](N3CCc4c([nH]c5ccccc45)C3)C2=O)cc(OC)c1OC. The van der Waals surface area contributed by atoms with Crippen LogP contribution in [0.15, 0.2) is 36.4 Å². The number of hydrogen-bond acceptors (Lipinski definition) is 6. The van der Waals surface area contributed by atoms with E-state index >= 15 is 0 Å². The minimum absolute atomic E-state index is 0.144. The fraction of sp³-hybridized carbons (Fsp3) is 0.333. The summed E-state index contributed by atoms with van der Waals surface area (Å²) in [6.45, 7) is 1.33. The van der Waals surface area contributed by atoms with Crippen LogP contribution in [0.5, 0.6) is 17.2 Å². The molecule has 2 amide bonds. The second kappa shape index (κ2) is 7.87. The molecule has 2 aliphatic rings. The summed E-state index contributed by atoms with van der Waals surface area (Å²) in [6, 6.07) is 11.0. The molecule has 32 heavy (non-hydrogen) atoms. The first kappa shape index (κ1) is 20.4.